The standard InChI is InChI=1S/C19H17FN2O3S2/c1-13-2-4-15(20)17(10-13)22-7-8-25-18-11-14(3-5-16(18)22)27(23,24)12-19-21-6-9-26-19/h2-6,9-11H,7-8,12H2,1H3. The van der Waals surface area contributed by atoms with Gasteiger partial charge in [-0.2, -0.15) is 0 Å². The molecule has 0 spiro atoms. The van der Waals surface area contributed by atoms with Crippen LogP contribution in [0, 0.1) is 12.7 Å². The first-order chi connectivity index (χ1) is 12.9. The molecule has 0 aliphatic carbocycles. The monoisotopic (exact) mass is 404 g/mol. The van der Waals surface area contributed by atoms with Gasteiger partial charge in [-0.3, -0.25) is 0 Å². The van der Waals surface area contributed by atoms with Crippen LogP contribution in [0.4, 0.5) is 15.8 Å². The lowest BCUT2D eigenvalue weighted by atomic mass is 10.1. The third-order valence-corrected chi connectivity index (χ3v) is 6.93. The molecule has 1 aliphatic rings. The van der Waals surface area contributed by atoms with E-state index in [2.05, 4.69) is 4.98 Å². The Bertz CT molecular complexity index is 1080. The maximum Gasteiger partial charge on any atom is 0.185 e. The zero-order valence-corrected chi connectivity index (χ0v) is 16.2. The summed E-state index contributed by atoms with van der Waals surface area (Å²) in [6.07, 6.45) is 1.58. The molecule has 1 aromatic heterocycles. The van der Waals surface area contributed by atoms with E-state index in [1.54, 1.807) is 29.8 Å². The molecular weight excluding hydrogens is 387 g/mol. The van der Waals surface area contributed by atoms with Crippen LogP contribution >= 0.6 is 11.3 Å². The summed E-state index contributed by atoms with van der Waals surface area (Å²) in [4.78, 5) is 6.03. The molecule has 0 amide bonds. The molecule has 4 rings (SSSR count). The van der Waals surface area contributed by atoms with Crippen molar-refractivity contribution in [2.24, 2.45) is 0 Å². The van der Waals surface area contributed by atoms with Gasteiger partial charge in [-0.1, -0.05) is 6.07 Å². The number of fused-ring (bicyclic) bond motifs is 1. The van der Waals surface area contributed by atoms with Crippen molar-refractivity contribution in [1.82, 2.24) is 4.98 Å². The van der Waals surface area contributed by atoms with Crippen LogP contribution in [0.1, 0.15) is 10.6 Å². The number of aromatic nitrogens is 1. The molecule has 0 bridgehead atoms. The van der Waals surface area contributed by atoms with Gasteiger partial charge in [0.05, 0.1) is 22.8 Å². The van der Waals surface area contributed by atoms with Gasteiger partial charge in [0.15, 0.2) is 9.84 Å². The lowest BCUT2D eigenvalue weighted by Crippen LogP contribution is -2.29. The maximum atomic E-state index is 14.3. The average Bonchev–Trinajstić information content (AvgIpc) is 3.15. The smallest absolute Gasteiger partial charge is 0.185 e. The number of sulfone groups is 1. The number of benzene rings is 2. The van der Waals surface area contributed by atoms with E-state index >= 15 is 0 Å². The van der Waals surface area contributed by atoms with Gasteiger partial charge in [-0.15, -0.1) is 11.3 Å². The van der Waals surface area contributed by atoms with Crippen molar-refractivity contribution >= 4 is 32.5 Å². The molecule has 2 aromatic carbocycles. The first-order valence-electron chi connectivity index (χ1n) is 8.36. The Morgan fingerprint density at radius 1 is 1.22 bits per heavy atom. The van der Waals surface area contributed by atoms with E-state index in [-0.39, 0.29) is 16.5 Å². The quantitative estimate of drug-likeness (QED) is 0.655. The SMILES string of the molecule is Cc1ccc(F)c(N2CCOc3cc(S(=O)(=O)Cc4nccs4)ccc32)c1. The molecule has 140 valence electrons. The van der Waals surface area contributed by atoms with E-state index in [1.165, 1.54) is 29.5 Å². The Labute approximate surface area is 161 Å². The summed E-state index contributed by atoms with van der Waals surface area (Å²) in [6, 6.07) is 9.65. The zero-order valence-electron chi connectivity index (χ0n) is 14.6. The van der Waals surface area contributed by atoms with Crippen LogP contribution < -0.4 is 9.64 Å². The first-order valence-corrected chi connectivity index (χ1v) is 10.9. The van der Waals surface area contributed by atoms with Gasteiger partial charge in [-0.05, 0) is 36.8 Å². The van der Waals surface area contributed by atoms with E-state index in [0.717, 1.165) is 5.56 Å². The molecule has 0 saturated heterocycles. The fourth-order valence-electron chi connectivity index (χ4n) is 3.04. The Morgan fingerprint density at radius 3 is 2.85 bits per heavy atom. The second-order valence-corrected chi connectivity index (χ2v) is 9.24. The summed E-state index contributed by atoms with van der Waals surface area (Å²) in [7, 11) is -3.54. The molecule has 0 radical (unpaired) electrons. The molecule has 0 unspecified atom stereocenters. The summed E-state index contributed by atoms with van der Waals surface area (Å²) >= 11 is 1.30. The van der Waals surface area contributed by atoms with Crippen LogP contribution in [0.3, 0.4) is 0 Å². The molecule has 2 heterocycles. The summed E-state index contributed by atoms with van der Waals surface area (Å²) in [5.74, 6) is -0.0454. The maximum absolute atomic E-state index is 14.3. The summed E-state index contributed by atoms with van der Waals surface area (Å²) in [5, 5.41) is 2.28. The number of thiazole rings is 1. The van der Waals surface area contributed by atoms with Crippen molar-refractivity contribution in [3.05, 3.63) is 64.4 Å². The van der Waals surface area contributed by atoms with Crippen LogP contribution in [0.25, 0.3) is 0 Å². The highest BCUT2D eigenvalue weighted by atomic mass is 32.2. The van der Waals surface area contributed by atoms with Crippen molar-refractivity contribution in [2.45, 2.75) is 17.6 Å². The number of ether oxygens (including phenoxy) is 1. The Kier molecular flexibility index (Phi) is 4.61. The van der Waals surface area contributed by atoms with Gasteiger partial charge in [0.1, 0.15) is 28.9 Å². The highest BCUT2D eigenvalue weighted by molar-refractivity contribution is 7.90. The number of aryl methyl sites for hydroxylation is 1. The fraction of sp³-hybridized carbons (Fsp3) is 0.211. The van der Waals surface area contributed by atoms with Crippen molar-refractivity contribution in [3.63, 3.8) is 0 Å². The molecule has 8 heteroatoms. The predicted octanol–water partition coefficient (Wildman–Crippen LogP) is 4.10. The Balaban J connectivity index is 1.71. The number of hydrogen-bond acceptors (Lipinski definition) is 6. The van der Waals surface area contributed by atoms with Gasteiger partial charge in [0, 0.05) is 17.6 Å². The molecule has 27 heavy (non-hydrogen) atoms. The summed E-state index contributed by atoms with van der Waals surface area (Å²) in [5.41, 5.74) is 2.05. The van der Waals surface area contributed by atoms with E-state index in [0.29, 0.717) is 35.3 Å². The van der Waals surface area contributed by atoms with Crippen LogP contribution in [0.2, 0.25) is 0 Å². The minimum Gasteiger partial charge on any atom is -0.489 e. The van der Waals surface area contributed by atoms with Crippen molar-refractivity contribution < 1.29 is 17.5 Å². The first kappa shape index (κ1) is 17.9. The van der Waals surface area contributed by atoms with Crippen LogP contribution in [0.15, 0.2) is 52.9 Å². The normalized spacial score (nSPS) is 13.9. The van der Waals surface area contributed by atoms with Gasteiger partial charge in [0.25, 0.3) is 0 Å². The molecule has 1 aliphatic heterocycles. The molecule has 0 saturated carbocycles. The molecule has 0 fully saturated rings. The fourth-order valence-corrected chi connectivity index (χ4v) is 5.31. The molecular formula is C19H17FN2O3S2. The number of rotatable bonds is 4. The van der Waals surface area contributed by atoms with E-state index in [4.69, 9.17) is 4.74 Å². The minimum absolute atomic E-state index is 0.153. The van der Waals surface area contributed by atoms with Crippen molar-refractivity contribution in [1.29, 1.82) is 0 Å². The largest absolute Gasteiger partial charge is 0.489 e. The number of anilines is 2. The summed E-state index contributed by atoms with van der Waals surface area (Å²) in [6.45, 7) is 2.73. The van der Waals surface area contributed by atoms with Crippen LogP contribution in [-0.4, -0.2) is 26.6 Å². The van der Waals surface area contributed by atoms with Gasteiger partial charge in [-0.25, -0.2) is 17.8 Å². The van der Waals surface area contributed by atoms with E-state index in [1.807, 2.05) is 11.8 Å². The minimum atomic E-state index is -3.54. The van der Waals surface area contributed by atoms with Crippen molar-refractivity contribution in [3.8, 4) is 5.75 Å². The topological polar surface area (TPSA) is 59.5 Å². The third kappa shape index (κ3) is 3.54. The lowest BCUT2D eigenvalue weighted by Gasteiger charge is -2.32. The Morgan fingerprint density at radius 2 is 2.07 bits per heavy atom. The molecule has 0 atom stereocenters. The van der Waals surface area contributed by atoms with E-state index < -0.39 is 9.84 Å². The third-order valence-electron chi connectivity index (χ3n) is 4.34. The second-order valence-electron chi connectivity index (χ2n) is 6.27. The number of nitrogens with zero attached hydrogens (tertiary/aromatic N) is 2. The average molecular weight is 404 g/mol. The zero-order chi connectivity index (χ0) is 19.0. The van der Waals surface area contributed by atoms with Crippen molar-refractivity contribution in [2.75, 3.05) is 18.1 Å². The second kappa shape index (κ2) is 6.94. The molecule has 5 nitrogen and oxygen atoms in total. The summed E-state index contributed by atoms with van der Waals surface area (Å²) < 4.78 is 45.4. The van der Waals surface area contributed by atoms with Crippen LogP contribution in [0.5, 0.6) is 5.75 Å². The predicted molar refractivity (Wildman–Crippen MR) is 103 cm³/mol. The van der Waals surface area contributed by atoms with Crippen LogP contribution in [-0.2, 0) is 15.6 Å². The highest BCUT2D eigenvalue weighted by Crippen LogP contribution is 2.39. The van der Waals surface area contributed by atoms with E-state index in [9.17, 15) is 12.8 Å². The van der Waals surface area contributed by atoms with Gasteiger partial charge >= 0.3 is 0 Å². The lowest BCUT2D eigenvalue weighted by molar-refractivity contribution is 0.312. The number of halogens is 1. The van der Waals surface area contributed by atoms with Gasteiger partial charge < -0.3 is 9.64 Å². The highest BCUT2D eigenvalue weighted by Gasteiger charge is 2.25. The molecule has 0 N–H and O–H groups in total. The number of hydrogen-bond donors (Lipinski definition) is 0. The molecule has 3 aromatic rings. The Hall–Kier alpha value is -2.45. The van der Waals surface area contributed by atoms with Gasteiger partial charge in [0.2, 0.25) is 0 Å².